The van der Waals surface area contributed by atoms with Crippen LogP contribution in [-0.4, -0.2) is 21.7 Å². The van der Waals surface area contributed by atoms with Gasteiger partial charge in [0, 0.05) is 17.9 Å². The highest BCUT2D eigenvalue weighted by Crippen LogP contribution is 2.24. The standard InChI is InChI=1S/C19H21N5/c1-3-15-10-8-9-13-17(15)21-18-14-20-23-19(22-18)24(4-2)16-11-6-5-7-12-16/h5-14H,3-4H2,1-2H3,(H,21,22,23). The van der Waals surface area contributed by atoms with Gasteiger partial charge in [0.25, 0.3) is 5.95 Å². The second-order valence-corrected chi connectivity index (χ2v) is 5.36. The summed E-state index contributed by atoms with van der Waals surface area (Å²) < 4.78 is 0. The smallest absolute Gasteiger partial charge is 0.251 e. The largest absolute Gasteiger partial charge is 0.339 e. The zero-order valence-electron chi connectivity index (χ0n) is 14.0. The Kier molecular flexibility index (Phi) is 5.01. The summed E-state index contributed by atoms with van der Waals surface area (Å²) in [7, 11) is 0. The van der Waals surface area contributed by atoms with Gasteiger partial charge in [-0.15, -0.1) is 5.10 Å². The van der Waals surface area contributed by atoms with E-state index in [0.717, 1.165) is 24.3 Å². The molecule has 1 N–H and O–H groups in total. The molecule has 0 amide bonds. The van der Waals surface area contributed by atoms with Gasteiger partial charge in [-0.3, -0.25) is 0 Å². The quantitative estimate of drug-likeness (QED) is 0.732. The number of hydrogen-bond donors (Lipinski definition) is 1. The van der Waals surface area contributed by atoms with E-state index in [2.05, 4.69) is 46.5 Å². The summed E-state index contributed by atoms with van der Waals surface area (Å²) in [6.45, 7) is 4.97. The number of nitrogens with zero attached hydrogens (tertiary/aromatic N) is 4. The average molecular weight is 319 g/mol. The van der Waals surface area contributed by atoms with Crippen LogP contribution >= 0.6 is 0 Å². The second-order valence-electron chi connectivity index (χ2n) is 5.36. The van der Waals surface area contributed by atoms with E-state index in [1.54, 1.807) is 6.20 Å². The number of aryl methyl sites for hydroxylation is 1. The third kappa shape index (κ3) is 3.51. The molecule has 5 nitrogen and oxygen atoms in total. The van der Waals surface area contributed by atoms with E-state index in [4.69, 9.17) is 0 Å². The Morgan fingerprint density at radius 3 is 2.46 bits per heavy atom. The van der Waals surface area contributed by atoms with Gasteiger partial charge in [-0.05, 0) is 37.1 Å². The van der Waals surface area contributed by atoms with Crippen molar-refractivity contribution in [1.29, 1.82) is 0 Å². The van der Waals surface area contributed by atoms with Gasteiger partial charge in [0.15, 0.2) is 5.82 Å². The molecule has 5 heteroatoms. The molecule has 0 aliphatic heterocycles. The van der Waals surface area contributed by atoms with Crippen molar-refractivity contribution >= 4 is 23.1 Å². The Hall–Kier alpha value is -2.95. The summed E-state index contributed by atoms with van der Waals surface area (Å²) in [6, 6.07) is 18.3. The Morgan fingerprint density at radius 2 is 1.71 bits per heavy atom. The van der Waals surface area contributed by atoms with Crippen LogP contribution in [0.15, 0.2) is 60.8 Å². The lowest BCUT2D eigenvalue weighted by molar-refractivity contribution is 0.887. The lowest BCUT2D eigenvalue weighted by atomic mass is 10.1. The summed E-state index contributed by atoms with van der Waals surface area (Å²) in [5.74, 6) is 1.28. The van der Waals surface area contributed by atoms with Crippen LogP contribution in [0.2, 0.25) is 0 Å². The average Bonchev–Trinajstić information content (AvgIpc) is 2.64. The fraction of sp³-hybridized carbons (Fsp3) is 0.211. The first-order valence-corrected chi connectivity index (χ1v) is 8.19. The summed E-state index contributed by atoms with van der Waals surface area (Å²) >= 11 is 0. The summed E-state index contributed by atoms with van der Waals surface area (Å²) in [4.78, 5) is 6.66. The van der Waals surface area contributed by atoms with Gasteiger partial charge in [-0.25, -0.2) is 0 Å². The van der Waals surface area contributed by atoms with E-state index in [9.17, 15) is 0 Å². The van der Waals surface area contributed by atoms with Gasteiger partial charge in [0.1, 0.15) is 0 Å². The van der Waals surface area contributed by atoms with Crippen LogP contribution in [0.3, 0.4) is 0 Å². The minimum atomic E-state index is 0.586. The third-order valence-corrected chi connectivity index (χ3v) is 3.83. The zero-order valence-corrected chi connectivity index (χ0v) is 14.0. The minimum Gasteiger partial charge on any atom is -0.339 e. The first kappa shape index (κ1) is 15.9. The Morgan fingerprint density at radius 1 is 0.958 bits per heavy atom. The number of hydrogen-bond acceptors (Lipinski definition) is 5. The zero-order chi connectivity index (χ0) is 16.8. The molecule has 0 aliphatic rings. The van der Waals surface area contributed by atoms with E-state index >= 15 is 0 Å². The molecule has 0 unspecified atom stereocenters. The van der Waals surface area contributed by atoms with Crippen LogP contribution < -0.4 is 10.2 Å². The van der Waals surface area contributed by atoms with Crippen molar-refractivity contribution in [2.75, 3.05) is 16.8 Å². The van der Waals surface area contributed by atoms with E-state index in [-0.39, 0.29) is 0 Å². The molecule has 0 spiro atoms. The maximum atomic E-state index is 4.63. The molecule has 0 atom stereocenters. The number of benzene rings is 2. The number of rotatable bonds is 6. The summed E-state index contributed by atoms with van der Waals surface area (Å²) in [6.07, 6.45) is 2.61. The van der Waals surface area contributed by atoms with Crippen LogP contribution in [0.1, 0.15) is 19.4 Å². The molecular weight excluding hydrogens is 298 g/mol. The molecule has 122 valence electrons. The van der Waals surface area contributed by atoms with E-state index in [1.165, 1.54) is 5.56 Å². The lowest BCUT2D eigenvalue weighted by Gasteiger charge is -2.20. The maximum absolute atomic E-state index is 4.63. The van der Waals surface area contributed by atoms with Crippen molar-refractivity contribution in [1.82, 2.24) is 15.2 Å². The molecule has 3 aromatic rings. The van der Waals surface area contributed by atoms with Gasteiger partial charge >= 0.3 is 0 Å². The molecule has 0 saturated carbocycles. The maximum Gasteiger partial charge on any atom is 0.251 e. The van der Waals surface area contributed by atoms with Crippen molar-refractivity contribution in [3.8, 4) is 0 Å². The minimum absolute atomic E-state index is 0.586. The fourth-order valence-corrected chi connectivity index (χ4v) is 2.60. The Labute approximate surface area is 142 Å². The van der Waals surface area contributed by atoms with E-state index in [1.807, 2.05) is 47.4 Å². The number of anilines is 4. The van der Waals surface area contributed by atoms with Crippen molar-refractivity contribution in [2.45, 2.75) is 20.3 Å². The summed E-state index contributed by atoms with van der Waals surface area (Å²) in [5, 5.41) is 11.7. The SMILES string of the molecule is CCc1ccccc1Nc1cnnc(N(CC)c2ccccc2)n1. The highest BCUT2D eigenvalue weighted by atomic mass is 15.3. The van der Waals surface area contributed by atoms with Gasteiger partial charge in [-0.1, -0.05) is 43.3 Å². The third-order valence-electron chi connectivity index (χ3n) is 3.83. The van der Waals surface area contributed by atoms with E-state index < -0.39 is 0 Å². The van der Waals surface area contributed by atoms with Crippen LogP contribution in [0.4, 0.5) is 23.1 Å². The highest BCUT2D eigenvalue weighted by molar-refractivity contribution is 5.62. The van der Waals surface area contributed by atoms with Crippen molar-refractivity contribution in [3.63, 3.8) is 0 Å². The molecular formula is C19H21N5. The normalized spacial score (nSPS) is 10.4. The topological polar surface area (TPSA) is 53.9 Å². The van der Waals surface area contributed by atoms with Crippen molar-refractivity contribution in [2.24, 2.45) is 0 Å². The second kappa shape index (κ2) is 7.55. The Bertz CT molecular complexity index is 789. The fourth-order valence-electron chi connectivity index (χ4n) is 2.60. The number of nitrogens with one attached hydrogen (secondary N) is 1. The van der Waals surface area contributed by atoms with Gasteiger partial charge in [0.2, 0.25) is 0 Å². The monoisotopic (exact) mass is 319 g/mol. The van der Waals surface area contributed by atoms with Gasteiger partial charge in [0.05, 0.1) is 6.20 Å². The summed E-state index contributed by atoms with van der Waals surface area (Å²) in [5.41, 5.74) is 3.34. The van der Waals surface area contributed by atoms with Crippen LogP contribution in [0, 0.1) is 0 Å². The Balaban J connectivity index is 1.89. The lowest BCUT2D eigenvalue weighted by Crippen LogP contribution is -2.19. The molecule has 0 radical (unpaired) electrons. The van der Waals surface area contributed by atoms with Crippen LogP contribution in [-0.2, 0) is 6.42 Å². The number of para-hydroxylation sites is 2. The van der Waals surface area contributed by atoms with Crippen molar-refractivity contribution in [3.05, 3.63) is 66.4 Å². The predicted molar refractivity (Wildman–Crippen MR) is 98.1 cm³/mol. The molecule has 0 aliphatic carbocycles. The highest BCUT2D eigenvalue weighted by Gasteiger charge is 2.11. The number of aromatic nitrogens is 3. The molecule has 24 heavy (non-hydrogen) atoms. The molecule has 3 rings (SSSR count). The molecule has 0 saturated heterocycles. The molecule has 0 bridgehead atoms. The first-order valence-electron chi connectivity index (χ1n) is 8.19. The molecule has 2 aromatic carbocycles. The van der Waals surface area contributed by atoms with Crippen LogP contribution in [0.25, 0.3) is 0 Å². The van der Waals surface area contributed by atoms with Gasteiger partial charge < -0.3 is 10.2 Å². The van der Waals surface area contributed by atoms with Crippen LogP contribution in [0.5, 0.6) is 0 Å². The van der Waals surface area contributed by atoms with Gasteiger partial charge in [-0.2, -0.15) is 10.1 Å². The molecule has 0 fully saturated rings. The molecule has 1 aromatic heterocycles. The predicted octanol–water partition coefficient (Wildman–Crippen LogP) is 4.34. The van der Waals surface area contributed by atoms with Crippen molar-refractivity contribution < 1.29 is 0 Å². The molecule has 1 heterocycles. The van der Waals surface area contributed by atoms with E-state index in [0.29, 0.717) is 11.8 Å². The first-order chi connectivity index (χ1) is 11.8.